The van der Waals surface area contributed by atoms with Gasteiger partial charge in [-0.15, -0.1) is 0 Å². The number of sulfonamides is 1. The van der Waals surface area contributed by atoms with Crippen molar-refractivity contribution in [1.29, 1.82) is 0 Å². The summed E-state index contributed by atoms with van der Waals surface area (Å²) in [7, 11) is -2.22. The Morgan fingerprint density at radius 2 is 1.67 bits per heavy atom. The largest absolute Gasteiger partial charge is 0.497 e. The molecular weight excluding hydrogens is 322 g/mol. The van der Waals surface area contributed by atoms with E-state index in [0.29, 0.717) is 5.75 Å². The first-order valence-electron chi connectivity index (χ1n) is 7.44. The fourth-order valence-electron chi connectivity index (χ4n) is 2.51. The predicted molar refractivity (Wildman–Crippen MR) is 96.5 cm³/mol. The molecule has 0 radical (unpaired) electrons. The molecule has 0 unspecified atom stereocenters. The molecule has 24 heavy (non-hydrogen) atoms. The molecule has 0 aromatic heterocycles. The van der Waals surface area contributed by atoms with Crippen LogP contribution in [0.1, 0.15) is 11.1 Å². The number of hydrogen-bond donors (Lipinski definition) is 0. The predicted octanol–water partition coefficient (Wildman–Crippen LogP) is 3.96. The third-order valence-electron chi connectivity index (χ3n) is 3.87. The average molecular weight is 339 g/mol. The van der Waals surface area contributed by atoms with Gasteiger partial charge in [-0.25, -0.2) is 0 Å². The maximum Gasteiger partial charge on any atom is 0.282 e. The fourth-order valence-corrected chi connectivity index (χ4v) is 3.35. The molecule has 122 valence electrons. The van der Waals surface area contributed by atoms with Crippen LogP contribution in [-0.4, -0.2) is 21.7 Å². The van der Waals surface area contributed by atoms with Crippen LogP contribution in [0.25, 0.3) is 10.8 Å². The highest BCUT2D eigenvalue weighted by Crippen LogP contribution is 2.22. The van der Waals surface area contributed by atoms with Gasteiger partial charge in [0.1, 0.15) is 5.75 Å². The Hall–Kier alpha value is -2.66. The highest BCUT2D eigenvalue weighted by Gasteiger charge is 2.12. The number of fused-ring (bicyclic) bond motifs is 1. The zero-order valence-electron chi connectivity index (χ0n) is 13.4. The number of ether oxygens (including phenoxy) is 1. The van der Waals surface area contributed by atoms with Crippen molar-refractivity contribution in [2.75, 3.05) is 7.11 Å². The zero-order valence-corrected chi connectivity index (χ0v) is 14.2. The Labute approximate surface area is 141 Å². The Kier molecular flexibility index (Phi) is 4.36. The van der Waals surface area contributed by atoms with Gasteiger partial charge in [-0.3, -0.25) is 0 Å². The van der Waals surface area contributed by atoms with Crippen molar-refractivity contribution >= 4 is 27.0 Å². The molecular formula is C19H17NO3S. The molecule has 0 saturated heterocycles. The molecule has 0 spiro atoms. The van der Waals surface area contributed by atoms with Crippen molar-refractivity contribution in [2.45, 2.75) is 11.8 Å². The van der Waals surface area contributed by atoms with Gasteiger partial charge in [0.25, 0.3) is 10.0 Å². The number of aryl methyl sites for hydroxylation is 1. The van der Waals surface area contributed by atoms with E-state index >= 15 is 0 Å². The summed E-state index contributed by atoms with van der Waals surface area (Å²) >= 11 is 0. The topological polar surface area (TPSA) is 55.7 Å². The molecule has 0 N–H and O–H groups in total. The van der Waals surface area contributed by atoms with E-state index in [1.807, 2.05) is 43.3 Å². The molecule has 3 rings (SSSR count). The molecule has 0 atom stereocenters. The van der Waals surface area contributed by atoms with Crippen molar-refractivity contribution in [1.82, 2.24) is 0 Å². The second-order valence-electron chi connectivity index (χ2n) is 5.40. The van der Waals surface area contributed by atoms with E-state index in [4.69, 9.17) is 4.74 Å². The lowest BCUT2D eigenvalue weighted by molar-refractivity contribution is 0.414. The molecule has 0 aliphatic rings. The molecule has 0 aliphatic heterocycles. The Morgan fingerprint density at radius 1 is 0.958 bits per heavy atom. The van der Waals surface area contributed by atoms with Crippen LogP contribution in [0.2, 0.25) is 0 Å². The minimum atomic E-state index is -3.75. The van der Waals surface area contributed by atoms with Crippen LogP contribution in [-0.2, 0) is 10.0 Å². The van der Waals surface area contributed by atoms with E-state index in [0.717, 1.165) is 21.9 Å². The quantitative estimate of drug-likeness (QED) is 0.676. The van der Waals surface area contributed by atoms with E-state index in [1.54, 1.807) is 12.1 Å². The van der Waals surface area contributed by atoms with Crippen LogP contribution in [0.15, 0.2) is 70.0 Å². The van der Waals surface area contributed by atoms with Crippen LogP contribution in [0.4, 0.5) is 0 Å². The van der Waals surface area contributed by atoms with Crippen LogP contribution in [0.3, 0.4) is 0 Å². The van der Waals surface area contributed by atoms with Gasteiger partial charge in [-0.1, -0.05) is 36.4 Å². The minimum absolute atomic E-state index is 0.137. The first-order valence-corrected chi connectivity index (χ1v) is 8.88. The number of hydrogen-bond acceptors (Lipinski definition) is 3. The smallest absolute Gasteiger partial charge is 0.282 e. The fraction of sp³-hybridized carbons (Fsp3) is 0.105. The minimum Gasteiger partial charge on any atom is -0.497 e. The molecule has 5 heteroatoms. The summed E-state index contributed by atoms with van der Waals surface area (Å²) in [5.41, 5.74) is 1.78. The van der Waals surface area contributed by atoms with E-state index < -0.39 is 10.0 Å². The summed E-state index contributed by atoms with van der Waals surface area (Å²) < 4.78 is 33.7. The van der Waals surface area contributed by atoms with Gasteiger partial charge in [0.05, 0.1) is 12.0 Å². The first-order chi connectivity index (χ1) is 11.5. The highest BCUT2D eigenvalue weighted by atomic mass is 32.2. The highest BCUT2D eigenvalue weighted by molar-refractivity contribution is 7.90. The Balaban J connectivity index is 2.02. The molecule has 0 bridgehead atoms. The van der Waals surface area contributed by atoms with Crippen LogP contribution >= 0.6 is 0 Å². The summed E-state index contributed by atoms with van der Waals surface area (Å²) in [6.45, 7) is 1.94. The molecule has 0 heterocycles. The molecule has 3 aromatic carbocycles. The van der Waals surface area contributed by atoms with Crippen molar-refractivity contribution in [3.63, 3.8) is 0 Å². The lowest BCUT2D eigenvalue weighted by Crippen LogP contribution is -1.99. The summed E-state index contributed by atoms with van der Waals surface area (Å²) in [6.07, 6.45) is 1.43. The van der Waals surface area contributed by atoms with E-state index in [1.165, 1.54) is 25.5 Å². The normalized spacial score (nSPS) is 11.9. The summed E-state index contributed by atoms with van der Waals surface area (Å²) in [5, 5.41) is 2.03. The molecule has 3 aromatic rings. The van der Waals surface area contributed by atoms with Crippen molar-refractivity contribution in [3.05, 3.63) is 71.8 Å². The first kappa shape index (κ1) is 16.2. The van der Waals surface area contributed by atoms with Crippen LogP contribution in [0.5, 0.6) is 5.75 Å². The monoisotopic (exact) mass is 339 g/mol. The SMILES string of the molecule is COc1ccc(S(=O)(=O)N=Cc2c(C)ccc3ccccc23)cc1. The van der Waals surface area contributed by atoms with Gasteiger partial charge in [0.15, 0.2) is 0 Å². The molecule has 0 saturated carbocycles. The molecule has 0 fully saturated rings. The van der Waals surface area contributed by atoms with E-state index in [-0.39, 0.29) is 4.90 Å². The molecule has 0 aliphatic carbocycles. The van der Waals surface area contributed by atoms with E-state index in [9.17, 15) is 8.42 Å². The summed E-state index contributed by atoms with van der Waals surface area (Å²) in [5.74, 6) is 0.600. The third kappa shape index (κ3) is 3.16. The number of methoxy groups -OCH3 is 1. The maximum absolute atomic E-state index is 12.4. The Morgan fingerprint density at radius 3 is 2.38 bits per heavy atom. The number of rotatable bonds is 4. The second-order valence-corrected chi connectivity index (χ2v) is 7.03. The Bertz CT molecular complexity index is 1010. The van der Waals surface area contributed by atoms with Gasteiger partial charge < -0.3 is 4.74 Å². The lowest BCUT2D eigenvalue weighted by atomic mass is 10.0. The molecule has 0 amide bonds. The number of nitrogens with zero attached hydrogens (tertiary/aromatic N) is 1. The van der Waals surface area contributed by atoms with Crippen LogP contribution in [0, 0.1) is 6.92 Å². The number of benzene rings is 3. The standard InChI is InChI=1S/C19H17NO3S/c1-14-7-8-15-5-3-4-6-18(15)19(14)13-20-24(21,22)17-11-9-16(23-2)10-12-17/h3-13H,1-2H3. The van der Waals surface area contributed by atoms with Crippen molar-refractivity contribution in [2.24, 2.45) is 4.40 Å². The van der Waals surface area contributed by atoms with Crippen molar-refractivity contribution in [3.8, 4) is 5.75 Å². The van der Waals surface area contributed by atoms with Gasteiger partial charge in [0, 0.05) is 11.8 Å². The van der Waals surface area contributed by atoms with Gasteiger partial charge in [0.2, 0.25) is 0 Å². The lowest BCUT2D eigenvalue weighted by Gasteiger charge is -2.06. The zero-order chi connectivity index (χ0) is 17.2. The average Bonchev–Trinajstić information content (AvgIpc) is 2.61. The summed E-state index contributed by atoms with van der Waals surface area (Å²) in [6, 6.07) is 18.0. The molecule has 4 nitrogen and oxygen atoms in total. The van der Waals surface area contributed by atoms with Crippen molar-refractivity contribution < 1.29 is 13.2 Å². The van der Waals surface area contributed by atoms with Gasteiger partial charge in [-0.2, -0.15) is 12.8 Å². The van der Waals surface area contributed by atoms with Gasteiger partial charge in [-0.05, 0) is 47.5 Å². The van der Waals surface area contributed by atoms with E-state index in [2.05, 4.69) is 4.40 Å². The third-order valence-corrected chi connectivity index (χ3v) is 5.12. The van der Waals surface area contributed by atoms with Gasteiger partial charge >= 0.3 is 0 Å². The maximum atomic E-state index is 12.4. The van der Waals surface area contributed by atoms with Crippen LogP contribution < -0.4 is 4.74 Å². The summed E-state index contributed by atoms with van der Waals surface area (Å²) in [4.78, 5) is 0.137. The second kappa shape index (κ2) is 6.45.